The molecule has 2 saturated heterocycles. The van der Waals surface area contributed by atoms with Gasteiger partial charge in [0.05, 0.1) is 17.6 Å². The minimum Gasteiger partial charge on any atom is -0.481 e. The van der Waals surface area contributed by atoms with Crippen LogP contribution in [0.4, 0.5) is 0 Å². The number of ether oxygens (including phenoxy) is 1. The molecule has 2 aliphatic heterocycles. The van der Waals surface area contributed by atoms with E-state index in [-0.39, 0.29) is 30.0 Å². The molecular weight excluding hydrogens is 560 g/mol. The van der Waals surface area contributed by atoms with E-state index in [9.17, 15) is 14.7 Å². The molecule has 45 heavy (non-hydrogen) atoms. The van der Waals surface area contributed by atoms with Gasteiger partial charge < -0.3 is 24.4 Å². The van der Waals surface area contributed by atoms with Crippen LogP contribution in [0.1, 0.15) is 111 Å². The van der Waals surface area contributed by atoms with Gasteiger partial charge in [0, 0.05) is 18.0 Å². The summed E-state index contributed by atoms with van der Waals surface area (Å²) < 4.78 is 7.46. The van der Waals surface area contributed by atoms with Crippen molar-refractivity contribution in [2.75, 3.05) is 33.2 Å². The topological polar surface area (TPSA) is 70.1 Å². The summed E-state index contributed by atoms with van der Waals surface area (Å²) in [6.45, 7) is 13.3. The Morgan fingerprint density at radius 2 is 1.93 bits per heavy atom. The number of carbonyl (C=O) groups excluding carboxylic acids is 1. The normalized spacial score (nSPS) is 46.1. The van der Waals surface area contributed by atoms with E-state index in [1.54, 1.807) is 0 Å². The second-order valence-electron chi connectivity index (χ2n) is 17.4. The summed E-state index contributed by atoms with van der Waals surface area (Å²) in [4.78, 5) is 32.9. The lowest BCUT2D eigenvalue weighted by molar-refractivity contribution is -0.197. The van der Waals surface area contributed by atoms with Crippen LogP contribution in [0, 0.1) is 57.7 Å². The first-order valence-corrected chi connectivity index (χ1v) is 19.1. The van der Waals surface area contributed by atoms with Crippen molar-refractivity contribution in [3.63, 3.8) is 0 Å². The highest BCUT2D eigenvalue weighted by Crippen LogP contribution is 2.84. The first-order valence-electron chi connectivity index (χ1n) is 19.1. The average Bonchev–Trinajstić information content (AvgIpc) is 3.86. The SMILES string of the molecule is CCN(CCC1CCCN1C)CC1OC(C23C[C@@H]4[C@H](C)CC[C@H]4C4(C=O)CC2C=C(C(C)C)[C@@]34C(=O)O)CC1CC1CCCC1. The fraction of sp³-hybridized carbons (Fsp3) is 0.897. The lowest BCUT2D eigenvalue weighted by atomic mass is 9.41. The Balaban J connectivity index is 1.24. The van der Waals surface area contributed by atoms with E-state index >= 15 is 0 Å². The molecule has 6 fully saturated rings. The molecule has 7 unspecified atom stereocenters. The van der Waals surface area contributed by atoms with E-state index in [0.717, 1.165) is 56.8 Å². The number of carbonyl (C=O) groups is 2. The second kappa shape index (κ2) is 12.0. The van der Waals surface area contributed by atoms with Crippen molar-refractivity contribution in [3.05, 3.63) is 11.6 Å². The molecule has 252 valence electrons. The van der Waals surface area contributed by atoms with Crippen molar-refractivity contribution in [1.82, 2.24) is 9.80 Å². The number of hydrogen-bond acceptors (Lipinski definition) is 5. The van der Waals surface area contributed by atoms with Gasteiger partial charge in [-0.05, 0) is 119 Å². The summed E-state index contributed by atoms with van der Waals surface area (Å²) in [5.74, 6) is 1.86. The molecule has 7 aliphatic rings. The molecule has 5 aliphatic carbocycles. The van der Waals surface area contributed by atoms with Crippen molar-refractivity contribution >= 4 is 12.3 Å². The number of carboxylic acid groups (broad SMARTS) is 1. The minimum absolute atomic E-state index is 0.0993. The number of rotatable bonds is 12. The molecule has 0 aromatic rings. The van der Waals surface area contributed by atoms with Crippen LogP contribution < -0.4 is 0 Å². The van der Waals surface area contributed by atoms with E-state index in [4.69, 9.17) is 4.74 Å². The largest absolute Gasteiger partial charge is 0.481 e. The van der Waals surface area contributed by atoms with E-state index < -0.39 is 22.2 Å². The molecule has 6 nitrogen and oxygen atoms in total. The molecular formula is C39H62N2O4. The number of carboxylic acids is 1. The highest BCUT2D eigenvalue weighted by Gasteiger charge is 2.86. The van der Waals surface area contributed by atoms with Crippen molar-refractivity contribution in [1.29, 1.82) is 0 Å². The number of hydrogen-bond donors (Lipinski definition) is 1. The highest BCUT2D eigenvalue weighted by molar-refractivity contribution is 5.90. The third kappa shape index (κ3) is 4.56. The maximum atomic E-state index is 14.1. The van der Waals surface area contributed by atoms with Crippen molar-refractivity contribution in [2.24, 2.45) is 57.7 Å². The maximum Gasteiger partial charge on any atom is 0.315 e. The summed E-state index contributed by atoms with van der Waals surface area (Å²) in [6.07, 6.45) is 18.7. The molecule has 0 aromatic heterocycles. The molecule has 0 radical (unpaired) electrons. The van der Waals surface area contributed by atoms with Crippen LogP contribution in [0.5, 0.6) is 0 Å². The number of likely N-dealkylation sites (N-methyl/N-ethyl adjacent to an activating group) is 1. The van der Waals surface area contributed by atoms with Gasteiger partial charge in [-0.1, -0.05) is 71.4 Å². The van der Waals surface area contributed by atoms with E-state index in [0.29, 0.717) is 30.2 Å². The van der Waals surface area contributed by atoms with Crippen LogP contribution in [-0.2, 0) is 14.3 Å². The van der Waals surface area contributed by atoms with Crippen LogP contribution in [0.15, 0.2) is 11.6 Å². The first kappa shape index (κ1) is 32.3. The van der Waals surface area contributed by atoms with Crippen LogP contribution in [0.3, 0.4) is 0 Å². The minimum atomic E-state index is -1.14. The fourth-order valence-corrected chi connectivity index (χ4v) is 13.4. The predicted molar refractivity (Wildman–Crippen MR) is 178 cm³/mol. The van der Waals surface area contributed by atoms with E-state index in [2.05, 4.69) is 50.6 Å². The summed E-state index contributed by atoms with van der Waals surface area (Å²) in [6, 6.07) is 0.689. The molecule has 1 N–H and O–H groups in total. The fourth-order valence-electron chi connectivity index (χ4n) is 13.4. The molecule has 11 atom stereocenters. The van der Waals surface area contributed by atoms with Gasteiger partial charge in [0.2, 0.25) is 0 Å². The lowest BCUT2D eigenvalue weighted by Crippen LogP contribution is -2.65. The molecule has 0 spiro atoms. The monoisotopic (exact) mass is 622 g/mol. The Morgan fingerprint density at radius 1 is 1.16 bits per heavy atom. The quantitative estimate of drug-likeness (QED) is 0.186. The summed E-state index contributed by atoms with van der Waals surface area (Å²) >= 11 is 0. The number of nitrogens with zero attached hydrogens (tertiary/aromatic N) is 2. The maximum absolute atomic E-state index is 14.1. The molecule has 0 amide bonds. The Labute approximate surface area is 273 Å². The van der Waals surface area contributed by atoms with Crippen LogP contribution in [0.25, 0.3) is 0 Å². The summed E-state index contributed by atoms with van der Waals surface area (Å²) in [7, 11) is 2.28. The van der Waals surface area contributed by atoms with Crippen LogP contribution in [-0.4, -0.2) is 78.6 Å². The number of fused-ring (bicyclic) bond motifs is 2. The average molecular weight is 623 g/mol. The van der Waals surface area contributed by atoms with Crippen molar-refractivity contribution < 1.29 is 19.4 Å². The number of aliphatic carboxylic acids is 1. The van der Waals surface area contributed by atoms with E-state index in [1.807, 2.05) is 0 Å². The van der Waals surface area contributed by atoms with Crippen molar-refractivity contribution in [2.45, 2.75) is 129 Å². The third-order valence-corrected chi connectivity index (χ3v) is 15.4. The van der Waals surface area contributed by atoms with Gasteiger partial charge in [-0.25, -0.2) is 0 Å². The highest BCUT2D eigenvalue weighted by atomic mass is 16.5. The van der Waals surface area contributed by atoms with Crippen LogP contribution in [0.2, 0.25) is 0 Å². The zero-order valence-corrected chi connectivity index (χ0v) is 29.0. The molecule has 7 rings (SSSR count). The smallest absolute Gasteiger partial charge is 0.315 e. The second-order valence-corrected chi connectivity index (χ2v) is 17.4. The molecule has 6 heteroatoms. The number of allylic oxidation sites excluding steroid dienone is 1. The molecule has 2 heterocycles. The van der Waals surface area contributed by atoms with Gasteiger partial charge in [-0.15, -0.1) is 0 Å². The lowest BCUT2D eigenvalue weighted by Gasteiger charge is -2.60. The number of likely N-dealkylation sites (tertiary alicyclic amines) is 1. The standard InChI is InChI=1S/C39H62N2O4/c1-6-41(17-15-30-12-9-16-40(30)5)23-34-28(18-27-10-7-8-11-27)19-35(45-34)38-22-31-26(4)13-14-32(31)37(24-42)21-29(38)20-33(25(2)3)39(37,38)36(43)44/h20,24-32,34-35H,6-19,21-23H2,1-5H3,(H,43,44)/t26-,28?,29?,30?,31-,32-,34?,35?,37?,38?,39+/m1/s1. The van der Waals surface area contributed by atoms with Gasteiger partial charge in [0.15, 0.2) is 0 Å². The summed E-state index contributed by atoms with van der Waals surface area (Å²) in [5.41, 5.74) is -1.42. The molecule has 4 saturated carbocycles. The third-order valence-electron chi connectivity index (χ3n) is 15.4. The van der Waals surface area contributed by atoms with Gasteiger partial charge in [0.1, 0.15) is 11.7 Å². The van der Waals surface area contributed by atoms with Gasteiger partial charge >= 0.3 is 5.97 Å². The molecule has 4 bridgehead atoms. The van der Waals surface area contributed by atoms with Crippen LogP contribution >= 0.6 is 0 Å². The van der Waals surface area contributed by atoms with Gasteiger partial charge in [-0.2, -0.15) is 0 Å². The van der Waals surface area contributed by atoms with Gasteiger partial charge in [0.25, 0.3) is 0 Å². The Hall–Kier alpha value is -1.24. The zero-order chi connectivity index (χ0) is 31.7. The Kier molecular flexibility index (Phi) is 8.63. The van der Waals surface area contributed by atoms with E-state index in [1.165, 1.54) is 64.2 Å². The Bertz CT molecular complexity index is 1160. The van der Waals surface area contributed by atoms with Gasteiger partial charge in [-0.3, -0.25) is 4.79 Å². The molecule has 0 aromatic carbocycles. The predicted octanol–water partition coefficient (Wildman–Crippen LogP) is 7.07. The first-order chi connectivity index (χ1) is 21.6. The summed E-state index contributed by atoms with van der Waals surface area (Å²) in [5, 5.41) is 11.6. The zero-order valence-electron chi connectivity index (χ0n) is 29.0. The van der Waals surface area contributed by atoms with Crippen molar-refractivity contribution in [3.8, 4) is 0 Å². The number of aldehydes is 1. The Morgan fingerprint density at radius 3 is 2.58 bits per heavy atom.